The first-order valence-corrected chi connectivity index (χ1v) is 10.2. The van der Waals surface area contributed by atoms with E-state index in [1.165, 1.54) is 5.56 Å². The molecule has 0 spiro atoms. The van der Waals surface area contributed by atoms with Crippen molar-refractivity contribution in [3.8, 4) is 0 Å². The van der Waals surface area contributed by atoms with Crippen LogP contribution in [0.4, 0.5) is 21.9 Å². The van der Waals surface area contributed by atoms with E-state index < -0.39 is 0 Å². The monoisotopic (exact) mass is 417 g/mol. The lowest BCUT2D eigenvalue weighted by atomic mass is 10.1. The van der Waals surface area contributed by atoms with Crippen LogP contribution < -0.4 is 15.5 Å². The topological polar surface area (TPSA) is 73.1 Å². The summed E-state index contributed by atoms with van der Waals surface area (Å²) < 4.78 is 0. The molecule has 2 aromatic heterocycles. The summed E-state index contributed by atoms with van der Waals surface area (Å²) in [5.41, 5.74) is 5.95. The Kier molecular flexibility index (Phi) is 4.77. The summed E-state index contributed by atoms with van der Waals surface area (Å²) >= 11 is 5.90. The Hall–Kier alpha value is -3.51. The lowest BCUT2D eigenvalue weighted by Crippen LogP contribution is -2.20. The van der Waals surface area contributed by atoms with E-state index in [-0.39, 0.29) is 6.03 Å². The number of rotatable bonds is 4. The molecule has 150 valence electrons. The number of nitrogens with zero attached hydrogens (tertiary/aromatic N) is 2. The van der Waals surface area contributed by atoms with E-state index in [1.807, 2.05) is 24.4 Å². The van der Waals surface area contributed by atoms with E-state index in [9.17, 15) is 4.79 Å². The number of carbonyl (C=O) groups is 1. The maximum atomic E-state index is 12.5. The van der Waals surface area contributed by atoms with Crippen LogP contribution in [0.5, 0.6) is 0 Å². The van der Waals surface area contributed by atoms with E-state index in [1.54, 1.807) is 30.5 Å². The van der Waals surface area contributed by atoms with Crippen molar-refractivity contribution in [2.45, 2.75) is 13.0 Å². The Morgan fingerprint density at radius 3 is 2.83 bits per heavy atom. The minimum atomic E-state index is -0.271. The highest BCUT2D eigenvalue weighted by Crippen LogP contribution is 2.35. The molecule has 0 bridgehead atoms. The maximum Gasteiger partial charge on any atom is 0.323 e. The van der Waals surface area contributed by atoms with Crippen LogP contribution in [0.1, 0.15) is 11.1 Å². The summed E-state index contributed by atoms with van der Waals surface area (Å²) in [6.45, 7) is 1.69. The molecule has 1 aliphatic rings. The van der Waals surface area contributed by atoms with Crippen LogP contribution in [0.25, 0.3) is 11.0 Å². The van der Waals surface area contributed by atoms with Gasteiger partial charge in [-0.2, -0.15) is 0 Å². The molecule has 7 heteroatoms. The Morgan fingerprint density at radius 1 is 1.10 bits per heavy atom. The lowest BCUT2D eigenvalue weighted by molar-refractivity contribution is 0.262. The number of fused-ring (bicyclic) bond motifs is 2. The second-order valence-electron chi connectivity index (χ2n) is 7.27. The summed E-state index contributed by atoms with van der Waals surface area (Å²) in [4.78, 5) is 22.4. The largest absolute Gasteiger partial charge is 0.367 e. The zero-order chi connectivity index (χ0) is 20.5. The molecule has 0 aliphatic carbocycles. The zero-order valence-corrected chi connectivity index (χ0v) is 16.9. The Morgan fingerprint density at radius 2 is 1.97 bits per heavy atom. The number of hydrogen-bond donors (Lipinski definition) is 3. The van der Waals surface area contributed by atoms with Gasteiger partial charge in [0.1, 0.15) is 5.65 Å². The number of pyridine rings is 1. The normalized spacial score (nSPS) is 12.8. The fraction of sp³-hybridized carbons (Fsp3) is 0.130. The molecule has 0 atom stereocenters. The number of anilines is 3. The minimum absolute atomic E-state index is 0.271. The molecular weight excluding hydrogens is 398 g/mol. The average molecular weight is 418 g/mol. The van der Waals surface area contributed by atoms with E-state index in [4.69, 9.17) is 11.6 Å². The van der Waals surface area contributed by atoms with Crippen molar-refractivity contribution in [1.82, 2.24) is 9.97 Å². The highest BCUT2D eigenvalue weighted by atomic mass is 35.5. The first-order chi connectivity index (χ1) is 14.7. The third-order valence-electron chi connectivity index (χ3n) is 5.37. The Labute approximate surface area is 178 Å². The van der Waals surface area contributed by atoms with Crippen LogP contribution >= 0.6 is 11.6 Å². The fourth-order valence-corrected chi connectivity index (χ4v) is 4.08. The van der Waals surface area contributed by atoms with E-state index in [0.717, 1.165) is 47.5 Å². The molecule has 0 unspecified atom stereocenters. The highest BCUT2D eigenvalue weighted by Gasteiger charge is 2.23. The number of halogens is 1. The van der Waals surface area contributed by atoms with E-state index >= 15 is 0 Å². The fourth-order valence-electron chi connectivity index (χ4n) is 3.95. The van der Waals surface area contributed by atoms with Crippen molar-refractivity contribution >= 4 is 45.7 Å². The second-order valence-corrected chi connectivity index (χ2v) is 7.71. The Bertz CT molecular complexity index is 1220. The van der Waals surface area contributed by atoms with E-state index in [0.29, 0.717) is 10.7 Å². The molecule has 0 saturated heterocycles. The van der Waals surface area contributed by atoms with Gasteiger partial charge in [-0.05, 0) is 60.5 Å². The van der Waals surface area contributed by atoms with Gasteiger partial charge in [0.2, 0.25) is 0 Å². The van der Waals surface area contributed by atoms with Crippen LogP contribution in [0.3, 0.4) is 0 Å². The van der Waals surface area contributed by atoms with Crippen molar-refractivity contribution in [3.05, 3.63) is 83.1 Å². The Balaban J connectivity index is 1.33. The van der Waals surface area contributed by atoms with Gasteiger partial charge in [0.15, 0.2) is 0 Å². The molecule has 2 amide bonds. The van der Waals surface area contributed by atoms with Gasteiger partial charge in [0.25, 0.3) is 0 Å². The number of H-pyrrole nitrogens is 1. The molecule has 0 fully saturated rings. The van der Waals surface area contributed by atoms with Crippen LogP contribution in [0.15, 0.2) is 67.0 Å². The number of aromatic nitrogens is 2. The summed E-state index contributed by atoms with van der Waals surface area (Å²) in [5, 5.41) is 7.61. The zero-order valence-electron chi connectivity index (χ0n) is 16.2. The SMILES string of the molecule is O=C(Nc1ccc(Cl)cc1)Nc1cccc2c1CCN2Cc1c[nH]c2ncccc12. The van der Waals surface area contributed by atoms with Gasteiger partial charge in [-0.25, -0.2) is 9.78 Å². The lowest BCUT2D eigenvalue weighted by Gasteiger charge is -2.19. The molecule has 4 aromatic rings. The number of benzene rings is 2. The number of amides is 2. The van der Waals surface area contributed by atoms with Crippen LogP contribution in [0.2, 0.25) is 5.02 Å². The molecular formula is C23H20ClN5O. The standard InChI is InChI=1S/C23H20ClN5O/c24-16-6-8-17(9-7-16)27-23(30)28-20-4-1-5-21-19(20)10-12-29(21)14-15-13-26-22-18(15)3-2-11-25-22/h1-9,11,13H,10,12,14H2,(H,25,26)(H2,27,28,30). The summed E-state index contributed by atoms with van der Waals surface area (Å²) in [6, 6.07) is 16.8. The van der Waals surface area contributed by atoms with Crippen LogP contribution in [0, 0.1) is 0 Å². The van der Waals surface area contributed by atoms with Crippen molar-refractivity contribution in [3.63, 3.8) is 0 Å². The molecule has 2 aromatic carbocycles. The predicted molar refractivity (Wildman–Crippen MR) is 121 cm³/mol. The van der Waals surface area contributed by atoms with Gasteiger partial charge in [0.05, 0.1) is 0 Å². The number of nitrogens with one attached hydrogen (secondary N) is 3. The smallest absolute Gasteiger partial charge is 0.323 e. The van der Waals surface area contributed by atoms with Gasteiger partial charge >= 0.3 is 6.03 Å². The molecule has 0 radical (unpaired) electrons. The van der Waals surface area contributed by atoms with Crippen LogP contribution in [-0.4, -0.2) is 22.5 Å². The average Bonchev–Trinajstić information content (AvgIpc) is 3.35. The van der Waals surface area contributed by atoms with Gasteiger partial charge in [-0.15, -0.1) is 0 Å². The molecule has 0 saturated carbocycles. The quantitative estimate of drug-likeness (QED) is 0.415. The number of hydrogen-bond acceptors (Lipinski definition) is 3. The molecule has 30 heavy (non-hydrogen) atoms. The van der Waals surface area contributed by atoms with Gasteiger partial charge in [-0.1, -0.05) is 17.7 Å². The summed E-state index contributed by atoms with van der Waals surface area (Å²) in [5.74, 6) is 0. The number of carbonyl (C=O) groups excluding carboxylic acids is 1. The van der Waals surface area contributed by atoms with Crippen molar-refractivity contribution in [1.29, 1.82) is 0 Å². The van der Waals surface area contributed by atoms with Crippen LogP contribution in [-0.2, 0) is 13.0 Å². The number of aromatic amines is 1. The van der Waals surface area contributed by atoms with Gasteiger partial charge in [0, 0.05) is 58.5 Å². The second kappa shape index (κ2) is 7.72. The maximum absolute atomic E-state index is 12.5. The molecule has 5 rings (SSSR count). The van der Waals surface area contributed by atoms with Gasteiger partial charge in [-0.3, -0.25) is 0 Å². The first kappa shape index (κ1) is 18.5. The van der Waals surface area contributed by atoms with Crippen molar-refractivity contribution in [2.24, 2.45) is 0 Å². The minimum Gasteiger partial charge on any atom is -0.367 e. The van der Waals surface area contributed by atoms with E-state index in [2.05, 4.69) is 37.6 Å². The predicted octanol–water partition coefficient (Wildman–Crippen LogP) is 5.42. The molecule has 6 nitrogen and oxygen atoms in total. The summed E-state index contributed by atoms with van der Waals surface area (Å²) in [7, 11) is 0. The summed E-state index contributed by atoms with van der Waals surface area (Å²) in [6.07, 6.45) is 4.70. The van der Waals surface area contributed by atoms with Gasteiger partial charge < -0.3 is 20.5 Å². The molecule has 3 heterocycles. The third-order valence-corrected chi connectivity index (χ3v) is 5.62. The van der Waals surface area contributed by atoms with Crippen molar-refractivity contribution in [2.75, 3.05) is 22.1 Å². The third kappa shape index (κ3) is 3.57. The molecule has 3 N–H and O–H groups in total. The first-order valence-electron chi connectivity index (χ1n) is 9.79. The number of urea groups is 1. The molecule has 1 aliphatic heterocycles. The van der Waals surface area contributed by atoms with Crippen molar-refractivity contribution < 1.29 is 4.79 Å². The highest BCUT2D eigenvalue weighted by molar-refractivity contribution is 6.30.